The maximum atomic E-state index is 5.43. The highest BCUT2D eigenvalue weighted by Gasteiger charge is 2.11. The summed E-state index contributed by atoms with van der Waals surface area (Å²) >= 11 is 0. The zero-order chi connectivity index (χ0) is 11.1. The van der Waals surface area contributed by atoms with Gasteiger partial charge in [-0.2, -0.15) is 0 Å². The quantitative estimate of drug-likeness (QED) is 0.587. The molecule has 3 nitrogen and oxygen atoms in total. The Morgan fingerprint density at radius 1 is 1.25 bits per heavy atom. The summed E-state index contributed by atoms with van der Waals surface area (Å²) < 4.78 is 0. The van der Waals surface area contributed by atoms with Crippen molar-refractivity contribution in [3.05, 3.63) is 35.9 Å². The maximum absolute atomic E-state index is 5.43. The number of piperidine rings is 1. The van der Waals surface area contributed by atoms with Crippen molar-refractivity contribution in [3.8, 4) is 0 Å². The predicted molar refractivity (Wildman–Crippen MR) is 64.9 cm³/mol. The zero-order valence-corrected chi connectivity index (χ0v) is 9.61. The Labute approximate surface area is 97.1 Å². The number of hydrogen-bond acceptors (Lipinski definition) is 3. The van der Waals surface area contributed by atoms with Crippen molar-refractivity contribution in [2.75, 3.05) is 13.1 Å². The van der Waals surface area contributed by atoms with Crippen LogP contribution in [0.3, 0.4) is 0 Å². The molecule has 1 atom stereocenters. The summed E-state index contributed by atoms with van der Waals surface area (Å²) in [6.07, 6.45) is 3.89. The molecule has 1 aromatic rings. The topological polar surface area (TPSA) is 33.3 Å². The molecule has 88 valence electrons. The zero-order valence-electron chi connectivity index (χ0n) is 9.61. The Kier molecular flexibility index (Phi) is 4.80. The van der Waals surface area contributed by atoms with Gasteiger partial charge in [-0.1, -0.05) is 36.8 Å². The Morgan fingerprint density at radius 2 is 2.12 bits per heavy atom. The monoisotopic (exact) mass is 220 g/mol. The number of hydroxylamine groups is 1. The normalized spacial score (nSPS) is 20.9. The number of nitrogens with one attached hydrogen (secondary N) is 2. The van der Waals surface area contributed by atoms with E-state index in [1.54, 1.807) is 0 Å². The molecule has 0 aromatic heterocycles. The van der Waals surface area contributed by atoms with E-state index in [-0.39, 0.29) is 0 Å². The van der Waals surface area contributed by atoms with Gasteiger partial charge in [-0.3, -0.25) is 4.84 Å². The van der Waals surface area contributed by atoms with Crippen LogP contribution in [-0.4, -0.2) is 19.1 Å². The highest BCUT2D eigenvalue weighted by atomic mass is 16.6. The lowest BCUT2D eigenvalue weighted by molar-refractivity contribution is 0.0214. The molecular formula is C13H20N2O. The van der Waals surface area contributed by atoms with Crippen LogP contribution in [0.15, 0.2) is 30.3 Å². The minimum absolute atomic E-state index is 0.574. The minimum atomic E-state index is 0.574. The number of rotatable bonds is 5. The van der Waals surface area contributed by atoms with E-state index in [9.17, 15) is 0 Å². The summed E-state index contributed by atoms with van der Waals surface area (Å²) in [7, 11) is 0. The van der Waals surface area contributed by atoms with Crippen LogP contribution in [0.1, 0.15) is 24.8 Å². The molecule has 1 aromatic carbocycles. The molecule has 0 bridgehead atoms. The molecule has 3 heteroatoms. The summed E-state index contributed by atoms with van der Waals surface area (Å²) in [6, 6.07) is 10.8. The van der Waals surface area contributed by atoms with E-state index in [0.29, 0.717) is 12.6 Å². The highest BCUT2D eigenvalue weighted by molar-refractivity contribution is 5.13. The van der Waals surface area contributed by atoms with Crippen LogP contribution >= 0.6 is 0 Å². The van der Waals surface area contributed by atoms with Crippen LogP contribution in [0.25, 0.3) is 0 Å². The van der Waals surface area contributed by atoms with Gasteiger partial charge in [0, 0.05) is 12.6 Å². The molecule has 0 amide bonds. The summed E-state index contributed by atoms with van der Waals surface area (Å²) in [6.45, 7) is 2.67. The van der Waals surface area contributed by atoms with E-state index < -0.39 is 0 Å². The van der Waals surface area contributed by atoms with Crippen molar-refractivity contribution < 1.29 is 4.84 Å². The van der Waals surface area contributed by atoms with Gasteiger partial charge >= 0.3 is 0 Å². The van der Waals surface area contributed by atoms with Gasteiger partial charge in [0.2, 0.25) is 0 Å². The van der Waals surface area contributed by atoms with E-state index in [1.807, 2.05) is 18.2 Å². The molecule has 1 unspecified atom stereocenters. The van der Waals surface area contributed by atoms with Gasteiger partial charge in [-0.25, -0.2) is 5.48 Å². The number of benzene rings is 1. The molecule has 2 rings (SSSR count). The van der Waals surface area contributed by atoms with Crippen molar-refractivity contribution in [3.63, 3.8) is 0 Å². The molecule has 1 fully saturated rings. The van der Waals surface area contributed by atoms with E-state index in [4.69, 9.17) is 4.84 Å². The summed E-state index contributed by atoms with van der Waals surface area (Å²) in [5.41, 5.74) is 4.24. The molecule has 16 heavy (non-hydrogen) atoms. The number of hydrogen-bond donors (Lipinski definition) is 2. The first-order chi connectivity index (χ1) is 7.95. The summed E-state index contributed by atoms with van der Waals surface area (Å²) in [5, 5.41) is 3.48. The molecular weight excluding hydrogens is 200 g/mol. The van der Waals surface area contributed by atoms with Gasteiger partial charge in [-0.15, -0.1) is 0 Å². The standard InChI is InChI=1S/C13H20N2O/c1-2-6-12(7-3-1)11-16-15-10-13-8-4-5-9-14-13/h1-3,6-7,13-15H,4-5,8-11H2. The van der Waals surface area contributed by atoms with Crippen LogP contribution in [0.4, 0.5) is 0 Å². The third-order valence-electron chi connectivity index (χ3n) is 2.93. The van der Waals surface area contributed by atoms with Gasteiger partial charge in [-0.05, 0) is 24.9 Å². The van der Waals surface area contributed by atoms with Gasteiger partial charge < -0.3 is 5.32 Å². The third-order valence-corrected chi connectivity index (χ3v) is 2.93. The minimum Gasteiger partial charge on any atom is -0.313 e. The van der Waals surface area contributed by atoms with Gasteiger partial charge in [0.25, 0.3) is 0 Å². The average molecular weight is 220 g/mol. The van der Waals surface area contributed by atoms with Crippen molar-refractivity contribution in [2.45, 2.75) is 31.9 Å². The lowest BCUT2D eigenvalue weighted by Crippen LogP contribution is -2.41. The van der Waals surface area contributed by atoms with Crippen molar-refractivity contribution >= 4 is 0 Å². The smallest absolute Gasteiger partial charge is 0.0933 e. The van der Waals surface area contributed by atoms with E-state index in [2.05, 4.69) is 22.9 Å². The van der Waals surface area contributed by atoms with Crippen LogP contribution < -0.4 is 10.8 Å². The average Bonchev–Trinajstić information content (AvgIpc) is 2.37. The van der Waals surface area contributed by atoms with Crippen molar-refractivity contribution in [1.82, 2.24) is 10.8 Å². The van der Waals surface area contributed by atoms with Crippen LogP contribution in [0.2, 0.25) is 0 Å². The molecule has 2 N–H and O–H groups in total. The fourth-order valence-electron chi connectivity index (χ4n) is 1.97. The second-order valence-corrected chi connectivity index (χ2v) is 4.27. The molecule has 0 aliphatic carbocycles. The Bertz CT molecular complexity index is 283. The van der Waals surface area contributed by atoms with Crippen molar-refractivity contribution in [2.24, 2.45) is 0 Å². The van der Waals surface area contributed by atoms with Gasteiger partial charge in [0.05, 0.1) is 6.61 Å². The van der Waals surface area contributed by atoms with Gasteiger partial charge in [0.1, 0.15) is 0 Å². The van der Waals surface area contributed by atoms with Crippen molar-refractivity contribution in [1.29, 1.82) is 0 Å². The SMILES string of the molecule is c1ccc(CONCC2CCCCN2)cc1. The molecule has 0 saturated carbocycles. The molecule has 0 radical (unpaired) electrons. The van der Waals surface area contributed by atoms with Crippen LogP contribution in [0, 0.1) is 0 Å². The fraction of sp³-hybridized carbons (Fsp3) is 0.538. The molecule has 1 aliphatic heterocycles. The van der Waals surface area contributed by atoms with Gasteiger partial charge in [0.15, 0.2) is 0 Å². The van der Waals surface area contributed by atoms with Crippen LogP contribution in [-0.2, 0) is 11.4 Å². The van der Waals surface area contributed by atoms with E-state index in [0.717, 1.165) is 13.1 Å². The Hall–Kier alpha value is -0.900. The third kappa shape index (κ3) is 3.93. The van der Waals surface area contributed by atoms with E-state index >= 15 is 0 Å². The second-order valence-electron chi connectivity index (χ2n) is 4.27. The Morgan fingerprint density at radius 3 is 2.88 bits per heavy atom. The second kappa shape index (κ2) is 6.63. The highest BCUT2D eigenvalue weighted by Crippen LogP contribution is 2.06. The molecule has 1 aliphatic rings. The predicted octanol–water partition coefficient (Wildman–Crippen LogP) is 1.85. The molecule has 0 spiro atoms. The first-order valence-electron chi connectivity index (χ1n) is 6.07. The Balaban J connectivity index is 1.58. The first kappa shape index (κ1) is 11.6. The maximum Gasteiger partial charge on any atom is 0.0933 e. The first-order valence-corrected chi connectivity index (χ1v) is 6.07. The largest absolute Gasteiger partial charge is 0.313 e. The lowest BCUT2D eigenvalue weighted by atomic mass is 10.1. The van der Waals surface area contributed by atoms with E-state index in [1.165, 1.54) is 24.8 Å². The molecule has 1 heterocycles. The molecule has 1 saturated heterocycles. The van der Waals surface area contributed by atoms with Crippen LogP contribution in [0.5, 0.6) is 0 Å². The summed E-state index contributed by atoms with van der Waals surface area (Å²) in [5.74, 6) is 0. The fourth-order valence-corrected chi connectivity index (χ4v) is 1.97. The summed E-state index contributed by atoms with van der Waals surface area (Å²) in [4.78, 5) is 5.43. The lowest BCUT2D eigenvalue weighted by Gasteiger charge is -2.23.